The van der Waals surface area contributed by atoms with Crippen LogP contribution < -0.4 is 10.6 Å². The highest BCUT2D eigenvalue weighted by Crippen LogP contribution is 2.19. The minimum atomic E-state index is -0.714. The zero-order chi connectivity index (χ0) is 21.8. The van der Waals surface area contributed by atoms with Crippen molar-refractivity contribution in [2.45, 2.75) is 13.1 Å². The first-order valence-electron chi connectivity index (χ1n) is 9.18. The second kappa shape index (κ2) is 8.57. The minimum absolute atomic E-state index is 0.147. The van der Waals surface area contributed by atoms with Crippen LogP contribution in [0.2, 0.25) is 0 Å². The van der Waals surface area contributed by atoms with Gasteiger partial charge in [0.15, 0.2) is 11.4 Å². The molecule has 0 aliphatic heterocycles. The maximum Gasteiger partial charge on any atom is 0.433 e. The van der Waals surface area contributed by atoms with Crippen molar-refractivity contribution < 1.29 is 18.5 Å². The molecule has 0 aliphatic rings. The molecule has 4 rings (SSSR count). The number of nitrogens with zero attached hydrogens (tertiary/aromatic N) is 5. The maximum atomic E-state index is 13.0. The Hall–Kier alpha value is -4.35. The summed E-state index contributed by atoms with van der Waals surface area (Å²) in [5, 5.41) is 21.4. The molecule has 158 valence electrons. The summed E-state index contributed by atoms with van der Waals surface area (Å²) in [5.74, 6) is -0.938. The first kappa shape index (κ1) is 19.9. The van der Waals surface area contributed by atoms with E-state index in [1.54, 1.807) is 23.0 Å². The predicted molar refractivity (Wildman–Crippen MR) is 107 cm³/mol. The summed E-state index contributed by atoms with van der Waals surface area (Å²) in [6.07, 6.45) is 3.01. The molecule has 0 bridgehead atoms. The molecule has 0 fully saturated rings. The van der Waals surface area contributed by atoms with E-state index < -0.39 is 16.7 Å². The third-order valence-corrected chi connectivity index (χ3v) is 4.41. The summed E-state index contributed by atoms with van der Waals surface area (Å²) in [4.78, 5) is 30.4. The lowest BCUT2D eigenvalue weighted by Gasteiger charge is -2.07. The van der Waals surface area contributed by atoms with Crippen LogP contribution in [0.5, 0.6) is 0 Å². The van der Waals surface area contributed by atoms with E-state index in [0.717, 1.165) is 11.6 Å². The Morgan fingerprint density at radius 1 is 1.19 bits per heavy atom. The first-order chi connectivity index (χ1) is 15.0. The molecule has 1 amide bonds. The van der Waals surface area contributed by atoms with Gasteiger partial charge in [-0.25, -0.2) is 19.0 Å². The Morgan fingerprint density at radius 3 is 2.74 bits per heavy atom. The summed E-state index contributed by atoms with van der Waals surface area (Å²) in [6.45, 7) is 0.960. The molecule has 0 atom stereocenters. The zero-order valence-electron chi connectivity index (χ0n) is 16.0. The van der Waals surface area contributed by atoms with Crippen molar-refractivity contribution >= 4 is 28.6 Å². The zero-order valence-corrected chi connectivity index (χ0v) is 16.0. The third-order valence-electron chi connectivity index (χ3n) is 4.41. The number of carbonyl (C=O) groups is 1. The fourth-order valence-corrected chi connectivity index (χ4v) is 2.90. The van der Waals surface area contributed by atoms with Gasteiger partial charge in [-0.15, -0.1) is 0 Å². The molecule has 11 nitrogen and oxygen atoms in total. The topological polar surface area (TPSA) is 141 Å². The first-order valence-corrected chi connectivity index (χ1v) is 9.18. The van der Waals surface area contributed by atoms with Crippen LogP contribution in [0.25, 0.3) is 11.0 Å². The molecular formula is C19H16FN7O4. The van der Waals surface area contributed by atoms with E-state index in [9.17, 15) is 19.3 Å². The number of halogens is 1. The number of nitro groups is 1. The van der Waals surface area contributed by atoms with Crippen LogP contribution in [0.3, 0.4) is 0 Å². The highest BCUT2D eigenvalue weighted by molar-refractivity contribution is 5.91. The Morgan fingerprint density at radius 2 is 2.00 bits per heavy atom. The van der Waals surface area contributed by atoms with Gasteiger partial charge in [0.1, 0.15) is 22.9 Å². The van der Waals surface area contributed by atoms with Crippen molar-refractivity contribution in [1.29, 1.82) is 0 Å². The summed E-state index contributed by atoms with van der Waals surface area (Å²) in [6, 6.07) is 8.50. The second-order valence-electron chi connectivity index (χ2n) is 6.46. The van der Waals surface area contributed by atoms with Gasteiger partial charge in [-0.05, 0) is 23.8 Å². The highest BCUT2D eigenvalue weighted by atomic mass is 19.1. The Balaban J connectivity index is 1.38. The number of carbonyl (C=O) groups excluding carboxylic acids is 1. The Labute approximate surface area is 174 Å². The molecule has 1 aromatic carbocycles. The normalized spacial score (nSPS) is 10.9. The second-order valence-corrected chi connectivity index (χ2v) is 6.46. The van der Waals surface area contributed by atoms with Gasteiger partial charge < -0.3 is 15.1 Å². The Bertz CT molecular complexity index is 1240. The summed E-state index contributed by atoms with van der Waals surface area (Å²) >= 11 is 0. The number of anilines is 1. The van der Waals surface area contributed by atoms with Gasteiger partial charge in [0.2, 0.25) is 0 Å². The fraction of sp³-hybridized carbons (Fsp3) is 0.158. The van der Waals surface area contributed by atoms with Crippen LogP contribution in [0, 0.1) is 15.9 Å². The molecule has 0 saturated carbocycles. The van der Waals surface area contributed by atoms with Crippen LogP contribution in [-0.2, 0) is 13.1 Å². The molecule has 0 saturated heterocycles. The number of rotatable bonds is 8. The van der Waals surface area contributed by atoms with E-state index in [4.69, 9.17) is 4.42 Å². The quantitative estimate of drug-likeness (QED) is 0.324. The molecule has 31 heavy (non-hydrogen) atoms. The third kappa shape index (κ3) is 4.47. The number of aromatic nitrogens is 4. The number of nitrogens with one attached hydrogen (secondary N) is 2. The van der Waals surface area contributed by atoms with Crippen molar-refractivity contribution in [1.82, 2.24) is 25.1 Å². The summed E-state index contributed by atoms with van der Waals surface area (Å²) in [7, 11) is 0. The molecule has 2 N–H and O–H groups in total. The minimum Gasteiger partial charge on any atom is -0.395 e. The van der Waals surface area contributed by atoms with Crippen molar-refractivity contribution in [3.63, 3.8) is 0 Å². The fourth-order valence-electron chi connectivity index (χ4n) is 2.90. The van der Waals surface area contributed by atoms with Crippen molar-refractivity contribution in [2.75, 3.05) is 11.9 Å². The molecule has 0 radical (unpaired) electrons. The van der Waals surface area contributed by atoms with Gasteiger partial charge in [-0.2, -0.15) is 5.10 Å². The lowest BCUT2D eigenvalue weighted by molar-refractivity contribution is -0.402. The van der Waals surface area contributed by atoms with E-state index >= 15 is 0 Å². The number of hydrogen-bond acceptors (Lipinski definition) is 8. The van der Waals surface area contributed by atoms with Crippen LogP contribution in [0.15, 0.2) is 53.3 Å². The standard InChI is InChI=1S/C19H16FN7O4/c20-13-3-1-12(2-4-13)9-22-17-14-10-25-26(18(14)24-11-23-17)8-7-21-19(28)15-5-6-16(31-15)27(29)30/h1-6,10-11H,7-9H2,(H,21,28)(H,22,23,24). The number of furan rings is 1. The van der Waals surface area contributed by atoms with E-state index in [2.05, 4.69) is 25.7 Å². The summed E-state index contributed by atoms with van der Waals surface area (Å²) in [5.41, 5.74) is 1.46. The van der Waals surface area contributed by atoms with Crippen LogP contribution in [0.1, 0.15) is 16.1 Å². The van der Waals surface area contributed by atoms with Gasteiger partial charge >= 0.3 is 5.88 Å². The number of benzene rings is 1. The van der Waals surface area contributed by atoms with E-state index in [1.165, 1.54) is 24.5 Å². The lowest BCUT2D eigenvalue weighted by atomic mass is 10.2. The predicted octanol–water partition coefficient (Wildman–Crippen LogP) is 2.51. The van der Waals surface area contributed by atoms with Crippen molar-refractivity contribution in [3.05, 3.63) is 76.2 Å². The largest absolute Gasteiger partial charge is 0.433 e. The lowest BCUT2D eigenvalue weighted by Crippen LogP contribution is -2.27. The molecule has 0 aliphatic carbocycles. The van der Waals surface area contributed by atoms with Gasteiger partial charge in [0, 0.05) is 13.1 Å². The molecule has 12 heteroatoms. The number of amides is 1. The monoisotopic (exact) mass is 425 g/mol. The average molecular weight is 425 g/mol. The summed E-state index contributed by atoms with van der Waals surface area (Å²) < 4.78 is 19.5. The van der Waals surface area contributed by atoms with E-state index in [-0.39, 0.29) is 18.1 Å². The Kier molecular flexibility index (Phi) is 5.51. The van der Waals surface area contributed by atoms with Gasteiger partial charge in [-0.1, -0.05) is 12.1 Å². The average Bonchev–Trinajstić information content (AvgIpc) is 3.41. The van der Waals surface area contributed by atoms with Crippen molar-refractivity contribution in [2.24, 2.45) is 0 Å². The molecule has 0 spiro atoms. The number of hydrogen-bond donors (Lipinski definition) is 2. The van der Waals surface area contributed by atoms with Gasteiger partial charge in [0.25, 0.3) is 5.91 Å². The number of fused-ring (bicyclic) bond motifs is 1. The van der Waals surface area contributed by atoms with Crippen LogP contribution in [0.4, 0.5) is 16.1 Å². The van der Waals surface area contributed by atoms with Gasteiger partial charge in [0.05, 0.1) is 24.2 Å². The van der Waals surface area contributed by atoms with E-state index in [1.807, 2.05) is 0 Å². The van der Waals surface area contributed by atoms with Gasteiger partial charge in [-0.3, -0.25) is 14.9 Å². The molecule has 0 unspecified atom stereocenters. The van der Waals surface area contributed by atoms with Crippen LogP contribution >= 0.6 is 0 Å². The van der Waals surface area contributed by atoms with Crippen LogP contribution in [-0.4, -0.2) is 37.1 Å². The SMILES string of the molecule is O=C(NCCn1ncc2c(NCc3ccc(F)cc3)ncnc21)c1ccc([N+](=O)[O-])o1. The molecule has 4 aromatic rings. The van der Waals surface area contributed by atoms with Crippen molar-refractivity contribution in [3.8, 4) is 0 Å². The molecule has 3 heterocycles. The molecular weight excluding hydrogens is 409 g/mol. The smallest absolute Gasteiger partial charge is 0.395 e. The molecule has 3 aromatic heterocycles. The van der Waals surface area contributed by atoms with E-state index in [0.29, 0.717) is 29.9 Å². The maximum absolute atomic E-state index is 13.0. The highest BCUT2D eigenvalue weighted by Gasteiger charge is 2.17.